The fourth-order valence-corrected chi connectivity index (χ4v) is 2.69. The first kappa shape index (κ1) is 16.8. The predicted octanol–water partition coefficient (Wildman–Crippen LogP) is 1.40. The molecule has 22 heavy (non-hydrogen) atoms. The molecule has 0 heterocycles. The van der Waals surface area contributed by atoms with Crippen LogP contribution < -0.4 is 10.1 Å². The van der Waals surface area contributed by atoms with Crippen LogP contribution in [0.25, 0.3) is 0 Å². The highest BCUT2D eigenvalue weighted by Gasteiger charge is 2.31. The Morgan fingerprint density at radius 2 is 2.14 bits per heavy atom. The van der Waals surface area contributed by atoms with Gasteiger partial charge in [0.05, 0.1) is 12.0 Å². The molecule has 1 aromatic carbocycles. The minimum Gasteiger partial charge on any atom is -0.492 e. The first-order valence-electron chi connectivity index (χ1n) is 7.89. The highest BCUT2D eigenvalue weighted by molar-refractivity contribution is 5.79. The Bertz CT molecular complexity index is 491. The first-order chi connectivity index (χ1) is 10.6. The van der Waals surface area contributed by atoms with Crippen LogP contribution in [0.3, 0.4) is 0 Å². The van der Waals surface area contributed by atoms with Gasteiger partial charge in [-0.1, -0.05) is 18.2 Å². The number of carbonyl (C=O) groups excluding carboxylic acids is 1. The van der Waals surface area contributed by atoms with Crippen molar-refractivity contribution in [1.82, 2.24) is 10.2 Å². The van der Waals surface area contributed by atoms with E-state index in [1.54, 1.807) is 0 Å². The van der Waals surface area contributed by atoms with Gasteiger partial charge in [-0.2, -0.15) is 0 Å². The number of aliphatic hydroxyl groups excluding tert-OH is 1. The molecule has 1 amide bonds. The summed E-state index contributed by atoms with van der Waals surface area (Å²) in [5, 5.41) is 12.7. The fourth-order valence-electron chi connectivity index (χ4n) is 2.69. The molecule has 0 aliphatic heterocycles. The summed E-state index contributed by atoms with van der Waals surface area (Å²) in [6.45, 7) is 1.88. The zero-order chi connectivity index (χ0) is 15.9. The summed E-state index contributed by atoms with van der Waals surface area (Å²) in [5.41, 5.74) is 0.960. The number of hydrogen-bond acceptors (Lipinski definition) is 4. The first-order valence-corrected chi connectivity index (χ1v) is 7.89. The highest BCUT2D eigenvalue weighted by atomic mass is 16.5. The SMILES string of the molecule is CN(C)CCOc1ccccc1CNC(=O)C1CCCC1O. The van der Waals surface area contributed by atoms with Crippen LogP contribution in [0.5, 0.6) is 5.75 Å². The van der Waals surface area contributed by atoms with E-state index in [0.717, 1.165) is 37.1 Å². The predicted molar refractivity (Wildman–Crippen MR) is 85.7 cm³/mol. The number of hydrogen-bond donors (Lipinski definition) is 2. The molecule has 1 aliphatic rings. The quantitative estimate of drug-likeness (QED) is 0.799. The molecule has 2 rings (SSSR count). The average Bonchev–Trinajstić information content (AvgIpc) is 2.92. The number of nitrogens with zero attached hydrogens (tertiary/aromatic N) is 1. The van der Waals surface area contributed by atoms with Crippen LogP contribution >= 0.6 is 0 Å². The molecule has 1 aromatic rings. The summed E-state index contributed by atoms with van der Waals surface area (Å²) in [6.07, 6.45) is 1.92. The lowest BCUT2D eigenvalue weighted by molar-refractivity contribution is -0.127. The number of carbonyl (C=O) groups is 1. The van der Waals surface area contributed by atoms with Crippen molar-refractivity contribution in [3.63, 3.8) is 0 Å². The number of amides is 1. The molecule has 0 aromatic heterocycles. The van der Waals surface area contributed by atoms with E-state index in [9.17, 15) is 9.90 Å². The van der Waals surface area contributed by atoms with E-state index in [1.165, 1.54) is 0 Å². The van der Waals surface area contributed by atoms with Gasteiger partial charge in [0.25, 0.3) is 0 Å². The molecule has 2 atom stereocenters. The second-order valence-corrected chi connectivity index (χ2v) is 6.08. The van der Waals surface area contributed by atoms with Gasteiger partial charge < -0.3 is 20.1 Å². The number of para-hydroxylation sites is 1. The van der Waals surface area contributed by atoms with Crippen molar-refractivity contribution in [3.8, 4) is 5.75 Å². The largest absolute Gasteiger partial charge is 0.492 e. The van der Waals surface area contributed by atoms with Gasteiger partial charge in [0.2, 0.25) is 5.91 Å². The number of ether oxygens (including phenoxy) is 1. The molecule has 2 N–H and O–H groups in total. The molecule has 122 valence electrons. The molecule has 0 spiro atoms. The summed E-state index contributed by atoms with van der Waals surface area (Å²) < 4.78 is 5.78. The van der Waals surface area contributed by atoms with Crippen LogP contribution in [0, 0.1) is 5.92 Å². The van der Waals surface area contributed by atoms with Gasteiger partial charge >= 0.3 is 0 Å². The Kier molecular flexibility index (Phi) is 6.21. The minimum atomic E-state index is -0.494. The molecular formula is C17H26N2O3. The van der Waals surface area contributed by atoms with Crippen molar-refractivity contribution in [2.24, 2.45) is 5.92 Å². The van der Waals surface area contributed by atoms with Crippen LogP contribution in [0.1, 0.15) is 24.8 Å². The Morgan fingerprint density at radius 3 is 2.82 bits per heavy atom. The number of aliphatic hydroxyl groups is 1. The molecule has 1 saturated carbocycles. The molecule has 2 unspecified atom stereocenters. The average molecular weight is 306 g/mol. The summed E-state index contributed by atoms with van der Waals surface area (Å²) >= 11 is 0. The Balaban J connectivity index is 1.88. The number of benzene rings is 1. The third kappa shape index (κ3) is 4.71. The Labute approximate surface area is 132 Å². The summed E-state index contributed by atoms with van der Waals surface area (Å²) in [6, 6.07) is 7.74. The lowest BCUT2D eigenvalue weighted by Gasteiger charge is -2.17. The van der Waals surface area contributed by atoms with Crippen LogP contribution in [-0.4, -0.2) is 49.3 Å². The van der Waals surface area contributed by atoms with Crippen molar-refractivity contribution in [2.45, 2.75) is 31.9 Å². The van der Waals surface area contributed by atoms with Crippen LogP contribution in [0.15, 0.2) is 24.3 Å². The maximum absolute atomic E-state index is 12.1. The van der Waals surface area contributed by atoms with E-state index in [1.807, 2.05) is 38.4 Å². The molecule has 0 bridgehead atoms. The second kappa shape index (κ2) is 8.15. The standard InChI is InChI=1S/C17H26N2O3/c1-19(2)10-11-22-16-9-4-3-6-13(16)12-18-17(21)14-7-5-8-15(14)20/h3-4,6,9,14-15,20H,5,7-8,10-12H2,1-2H3,(H,18,21). The summed E-state index contributed by atoms with van der Waals surface area (Å²) in [7, 11) is 4.00. The number of nitrogens with one attached hydrogen (secondary N) is 1. The van der Waals surface area contributed by atoms with Gasteiger partial charge in [0.15, 0.2) is 0 Å². The zero-order valence-electron chi connectivity index (χ0n) is 13.4. The monoisotopic (exact) mass is 306 g/mol. The van der Waals surface area contributed by atoms with Gasteiger partial charge in [0.1, 0.15) is 12.4 Å². The van der Waals surface area contributed by atoms with E-state index >= 15 is 0 Å². The molecule has 5 nitrogen and oxygen atoms in total. The van der Waals surface area contributed by atoms with Crippen LogP contribution in [-0.2, 0) is 11.3 Å². The molecule has 0 radical (unpaired) electrons. The second-order valence-electron chi connectivity index (χ2n) is 6.08. The summed E-state index contributed by atoms with van der Waals surface area (Å²) in [4.78, 5) is 14.2. The van der Waals surface area contributed by atoms with E-state index in [0.29, 0.717) is 13.2 Å². The lowest BCUT2D eigenvalue weighted by atomic mass is 10.1. The minimum absolute atomic E-state index is 0.0619. The lowest BCUT2D eigenvalue weighted by Crippen LogP contribution is -2.34. The van der Waals surface area contributed by atoms with Crippen molar-refractivity contribution in [1.29, 1.82) is 0 Å². The maximum atomic E-state index is 12.1. The van der Waals surface area contributed by atoms with Gasteiger partial charge in [0, 0.05) is 18.7 Å². The van der Waals surface area contributed by atoms with Crippen molar-refractivity contribution in [3.05, 3.63) is 29.8 Å². The molecular weight excluding hydrogens is 280 g/mol. The molecule has 1 fully saturated rings. The molecule has 0 saturated heterocycles. The number of rotatable bonds is 7. The fraction of sp³-hybridized carbons (Fsp3) is 0.588. The van der Waals surface area contributed by atoms with Crippen LogP contribution in [0.4, 0.5) is 0 Å². The third-order valence-electron chi connectivity index (χ3n) is 4.04. The zero-order valence-corrected chi connectivity index (χ0v) is 13.4. The van der Waals surface area contributed by atoms with E-state index in [-0.39, 0.29) is 11.8 Å². The van der Waals surface area contributed by atoms with E-state index < -0.39 is 6.10 Å². The summed E-state index contributed by atoms with van der Waals surface area (Å²) in [5.74, 6) is 0.478. The Morgan fingerprint density at radius 1 is 1.36 bits per heavy atom. The smallest absolute Gasteiger partial charge is 0.225 e. The van der Waals surface area contributed by atoms with Crippen molar-refractivity contribution in [2.75, 3.05) is 27.2 Å². The Hall–Kier alpha value is -1.59. The van der Waals surface area contributed by atoms with Gasteiger partial charge in [-0.15, -0.1) is 0 Å². The van der Waals surface area contributed by atoms with Gasteiger partial charge in [-0.05, 0) is 39.4 Å². The van der Waals surface area contributed by atoms with Crippen molar-refractivity contribution < 1.29 is 14.6 Å². The van der Waals surface area contributed by atoms with E-state index in [2.05, 4.69) is 10.2 Å². The van der Waals surface area contributed by atoms with Gasteiger partial charge in [-0.3, -0.25) is 4.79 Å². The normalized spacial score (nSPS) is 21.1. The number of likely N-dealkylation sites (N-methyl/N-ethyl adjacent to an activating group) is 1. The highest BCUT2D eigenvalue weighted by Crippen LogP contribution is 2.26. The maximum Gasteiger partial charge on any atom is 0.225 e. The van der Waals surface area contributed by atoms with E-state index in [4.69, 9.17) is 4.74 Å². The molecule has 5 heteroatoms. The topological polar surface area (TPSA) is 61.8 Å². The third-order valence-corrected chi connectivity index (χ3v) is 4.04. The van der Waals surface area contributed by atoms with Crippen molar-refractivity contribution >= 4 is 5.91 Å². The van der Waals surface area contributed by atoms with Crippen LogP contribution in [0.2, 0.25) is 0 Å². The molecule has 1 aliphatic carbocycles. The van der Waals surface area contributed by atoms with Gasteiger partial charge in [-0.25, -0.2) is 0 Å².